The number of likely N-dealkylation sites (tertiary alicyclic amines) is 2. The summed E-state index contributed by atoms with van der Waals surface area (Å²) in [7, 11) is 3.19. The maximum absolute atomic E-state index is 13.9. The molecule has 8 nitrogen and oxygen atoms in total. The molecule has 2 aliphatic heterocycles. The van der Waals surface area contributed by atoms with Gasteiger partial charge in [-0.05, 0) is 76.0 Å². The fraction of sp³-hybridized carbons (Fsp3) is 0.621. The van der Waals surface area contributed by atoms with Crippen LogP contribution < -0.4 is 9.47 Å². The predicted molar refractivity (Wildman–Crippen MR) is 139 cm³/mol. The highest BCUT2D eigenvalue weighted by Gasteiger charge is 2.54. The lowest BCUT2D eigenvalue weighted by atomic mass is 9.66. The van der Waals surface area contributed by atoms with E-state index in [4.69, 9.17) is 14.2 Å². The van der Waals surface area contributed by atoms with Gasteiger partial charge < -0.3 is 24.0 Å². The van der Waals surface area contributed by atoms with Gasteiger partial charge in [0.1, 0.15) is 5.41 Å². The number of carbonyl (C=O) groups excluding carboxylic acids is 3. The van der Waals surface area contributed by atoms with Crippen molar-refractivity contribution in [3.05, 3.63) is 35.5 Å². The Labute approximate surface area is 219 Å². The molecule has 1 aromatic rings. The average molecular weight is 513 g/mol. The average Bonchev–Trinajstić information content (AvgIpc) is 2.93. The van der Waals surface area contributed by atoms with Crippen LogP contribution in [0.1, 0.15) is 63.9 Å². The van der Waals surface area contributed by atoms with E-state index < -0.39 is 11.3 Å². The van der Waals surface area contributed by atoms with E-state index in [0.717, 1.165) is 56.5 Å². The maximum Gasteiger partial charge on any atom is 0.318 e. The molecule has 0 unspecified atom stereocenters. The molecule has 0 radical (unpaired) electrons. The van der Waals surface area contributed by atoms with Crippen molar-refractivity contribution in [2.45, 2.75) is 64.7 Å². The van der Waals surface area contributed by atoms with Crippen molar-refractivity contribution < 1.29 is 28.6 Å². The van der Waals surface area contributed by atoms with Gasteiger partial charge in [-0.15, -0.1) is 0 Å². The van der Waals surface area contributed by atoms with Gasteiger partial charge in [0.15, 0.2) is 11.5 Å². The highest BCUT2D eigenvalue weighted by molar-refractivity contribution is 5.92. The van der Waals surface area contributed by atoms with Crippen molar-refractivity contribution in [3.8, 4) is 11.5 Å². The molecule has 4 rings (SSSR count). The van der Waals surface area contributed by atoms with E-state index in [1.807, 2.05) is 29.2 Å². The van der Waals surface area contributed by atoms with E-state index in [0.29, 0.717) is 37.3 Å². The number of esters is 1. The van der Waals surface area contributed by atoms with Crippen LogP contribution in [0.25, 0.3) is 0 Å². The summed E-state index contributed by atoms with van der Waals surface area (Å²) < 4.78 is 16.4. The van der Waals surface area contributed by atoms with Crippen molar-refractivity contribution >= 4 is 17.8 Å². The van der Waals surface area contributed by atoms with Crippen molar-refractivity contribution in [2.24, 2.45) is 11.3 Å². The van der Waals surface area contributed by atoms with Gasteiger partial charge in [0.05, 0.1) is 20.8 Å². The quantitative estimate of drug-likeness (QED) is 0.463. The molecule has 2 heterocycles. The van der Waals surface area contributed by atoms with Crippen molar-refractivity contribution in [3.63, 3.8) is 0 Å². The number of ether oxygens (including phenoxy) is 3. The molecule has 0 spiro atoms. The number of amides is 2. The van der Waals surface area contributed by atoms with E-state index in [-0.39, 0.29) is 30.8 Å². The highest BCUT2D eigenvalue weighted by atomic mass is 16.5. The number of piperidine rings is 2. The van der Waals surface area contributed by atoms with Gasteiger partial charge in [0.25, 0.3) is 0 Å². The number of nitrogens with zero attached hydrogens (tertiary/aromatic N) is 2. The van der Waals surface area contributed by atoms with Crippen LogP contribution in [-0.2, 0) is 25.5 Å². The van der Waals surface area contributed by atoms with Gasteiger partial charge in [0.2, 0.25) is 11.8 Å². The molecule has 1 aromatic carbocycles. The lowest BCUT2D eigenvalue weighted by molar-refractivity contribution is -0.162. The standard InChI is InChI=1S/C29H40N2O6/c1-4-37-28(34)29-14-7-6-10-25(29)31(17-13-21-11-12-23(35-2)24(18-21)36-3)27(33)22(20-29)19-26(32)30-15-8-5-9-16-30/h10-12,18,22H,4-9,13-17,19-20H2,1-3H3/t22-,29+/m1/s1. The first-order valence-corrected chi connectivity index (χ1v) is 13.6. The number of hydrogen-bond donors (Lipinski definition) is 0. The maximum atomic E-state index is 13.9. The van der Waals surface area contributed by atoms with Gasteiger partial charge in [-0.2, -0.15) is 0 Å². The van der Waals surface area contributed by atoms with Crippen LogP contribution in [0.5, 0.6) is 11.5 Å². The molecule has 2 amide bonds. The fourth-order valence-electron chi connectivity index (χ4n) is 6.10. The summed E-state index contributed by atoms with van der Waals surface area (Å²) in [5.74, 6) is 0.402. The minimum absolute atomic E-state index is 0.0140. The second-order valence-electron chi connectivity index (χ2n) is 10.3. The van der Waals surface area contributed by atoms with Gasteiger partial charge in [-0.3, -0.25) is 14.4 Å². The molecule has 2 saturated heterocycles. The Morgan fingerprint density at radius 2 is 1.81 bits per heavy atom. The number of rotatable bonds is 9. The van der Waals surface area contributed by atoms with E-state index in [1.54, 1.807) is 26.0 Å². The van der Waals surface area contributed by atoms with E-state index in [1.165, 1.54) is 0 Å². The molecule has 2 fully saturated rings. The van der Waals surface area contributed by atoms with E-state index in [2.05, 4.69) is 0 Å². The molecule has 202 valence electrons. The Morgan fingerprint density at radius 1 is 1.05 bits per heavy atom. The normalized spacial score (nSPS) is 23.7. The lowest BCUT2D eigenvalue weighted by Gasteiger charge is -2.48. The zero-order chi connectivity index (χ0) is 26.4. The molecule has 0 bridgehead atoms. The summed E-state index contributed by atoms with van der Waals surface area (Å²) in [4.78, 5) is 44.2. The number of allylic oxidation sites excluding steroid dienone is 1. The summed E-state index contributed by atoms with van der Waals surface area (Å²) in [6.07, 6.45) is 8.53. The zero-order valence-corrected chi connectivity index (χ0v) is 22.4. The molecule has 0 saturated carbocycles. The summed E-state index contributed by atoms with van der Waals surface area (Å²) in [6.45, 7) is 4.00. The summed E-state index contributed by atoms with van der Waals surface area (Å²) in [6, 6.07) is 5.73. The molecular formula is C29H40N2O6. The molecular weight excluding hydrogens is 472 g/mol. The Morgan fingerprint density at radius 3 is 2.51 bits per heavy atom. The third-order valence-electron chi connectivity index (χ3n) is 8.00. The van der Waals surface area contributed by atoms with Crippen molar-refractivity contribution in [1.29, 1.82) is 0 Å². The number of hydrogen-bond acceptors (Lipinski definition) is 6. The molecule has 8 heteroatoms. The van der Waals surface area contributed by atoms with Crippen LogP contribution in [0.2, 0.25) is 0 Å². The van der Waals surface area contributed by atoms with Gasteiger partial charge in [-0.1, -0.05) is 12.1 Å². The Balaban J connectivity index is 1.61. The van der Waals surface area contributed by atoms with Crippen LogP contribution in [0.3, 0.4) is 0 Å². The smallest absolute Gasteiger partial charge is 0.318 e. The lowest BCUT2D eigenvalue weighted by Crippen LogP contribution is -2.55. The first kappa shape index (κ1) is 27.0. The van der Waals surface area contributed by atoms with Crippen molar-refractivity contribution in [2.75, 3.05) is 40.5 Å². The molecule has 0 N–H and O–H groups in total. The zero-order valence-electron chi connectivity index (χ0n) is 22.4. The van der Waals surface area contributed by atoms with Crippen LogP contribution >= 0.6 is 0 Å². The second kappa shape index (κ2) is 12.0. The Bertz CT molecular complexity index is 1030. The fourth-order valence-corrected chi connectivity index (χ4v) is 6.10. The SMILES string of the molecule is CCOC(=O)[C@]12CCCC=C1N(CCc1ccc(OC)c(OC)c1)C(=O)[C@H](CC(=O)N1CCCCC1)C2. The third-order valence-corrected chi connectivity index (χ3v) is 8.00. The number of carbonyl (C=O) groups is 3. The van der Waals surface area contributed by atoms with Crippen LogP contribution in [0.15, 0.2) is 30.0 Å². The Hall–Kier alpha value is -3.03. The first-order valence-electron chi connectivity index (χ1n) is 13.6. The number of methoxy groups -OCH3 is 2. The van der Waals surface area contributed by atoms with Gasteiger partial charge >= 0.3 is 5.97 Å². The summed E-state index contributed by atoms with van der Waals surface area (Å²) in [5.41, 5.74) is 0.867. The summed E-state index contributed by atoms with van der Waals surface area (Å²) in [5, 5.41) is 0. The molecule has 3 aliphatic rings. The molecule has 37 heavy (non-hydrogen) atoms. The third kappa shape index (κ3) is 5.63. The van der Waals surface area contributed by atoms with E-state index in [9.17, 15) is 14.4 Å². The van der Waals surface area contributed by atoms with Gasteiger partial charge in [0, 0.05) is 37.7 Å². The summed E-state index contributed by atoms with van der Waals surface area (Å²) >= 11 is 0. The van der Waals surface area contributed by atoms with Gasteiger partial charge in [-0.25, -0.2) is 0 Å². The highest BCUT2D eigenvalue weighted by Crippen LogP contribution is 2.50. The number of fused-ring (bicyclic) bond motifs is 1. The molecule has 1 aliphatic carbocycles. The minimum Gasteiger partial charge on any atom is -0.493 e. The second-order valence-corrected chi connectivity index (χ2v) is 10.3. The predicted octanol–water partition coefficient (Wildman–Crippen LogP) is 4.11. The molecule has 2 atom stereocenters. The minimum atomic E-state index is -0.882. The Kier molecular flexibility index (Phi) is 8.77. The molecule has 0 aromatic heterocycles. The van der Waals surface area contributed by atoms with Crippen LogP contribution in [0.4, 0.5) is 0 Å². The number of benzene rings is 1. The van der Waals surface area contributed by atoms with Crippen LogP contribution in [0, 0.1) is 11.3 Å². The van der Waals surface area contributed by atoms with Crippen LogP contribution in [-0.4, -0.2) is 68.0 Å². The monoisotopic (exact) mass is 512 g/mol. The largest absolute Gasteiger partial charge is 0.493 e. The van der Waals surface area contributed by atoms with E-state index >= 15 is 0 Å². The first-order chi connectivity index (χ1) is 17.9. The van der Waals surface area contributed by atoms with Crippen molar-refractivity contribution in [1.82, 2.24) is 9.80 Å². The topological polar surface area (TPSA) is 85.4 Å².